The van der Waals surface area contributed by atoms with Gasteiger partial charge in [0, 0.05) is 50.2 Å². The van der Waals surface area contributed by atoms with Gasteiger partial charge in [-0.05, 0) is 55.8 Å². The summed E-state index contributed by atoms with van der Waals surface area (Å²) >= 11 is 1.50. The molecule has 31 heavy (non-hydrogen) atoms. The zero-order chi connectivity index (χ0) is 21.9. The fourth-order valence-corrected chi connectivity index (χ4v) is 4.59. The molecule has 1 aliphatic rings. The zero-order valence-corrected chi connectivity index (χ0v) is 19.6. The molecule has 2 aromatic rings. The highest BCUT2D eigenvalue weighted by atomic mass is 32.1. The fourth-order valence-electron chi connectivity index (χ4n) is 4.09. The third kappa shape index (κ3) is 7.91. The number of carbonyl (C=O) groups is 1. The standard InChI is InChI=1S/C24H36N4O2S/c1-3-22(26-11-4-5-15-28-16-13-25-12-10-23(28)29)19(2)18-20-6-8-21(9-7-20)30-24-27-14-17-31-24/h6-9,14,17,19,22,25-26H,3-5,10-13,15-16,18H2,1-2H3. The second kappa shape index (κ2) is 12.8. The second-order valence-electron chi connectivity index (χ2n) is 8.28. The first-order valence-corrected chi connectivity index (χ1v) is 12.4. The number of nitrogens with zero attached hydrogens (tertiary/aromatic N) is 2. The summed E-state index contributed by atoms with van der Waals surface area (Å²) in [4.78, 5) is 18.2. The number of amides is 1. The number of rotatable bonds is 12. The number of unbranched alkanes of at least 4 members (excludes halogenated alkanes) is 1. The molecule has 1 aromatic carbocycles. The molecule has 1 saturated heterocycles. The van der Waals surface area contributed by atoms with Gasteiger partial charge in [-0.25, -0.2) is 4.98 Å². The number of hydrogen-bond acceptors (Lipinski definition) is 6. The molecule has 0 spiro atoms. The molecule has 0 radical (unpaired) electrons. The van der Waals surface area contributed by atoms with Gasteiger partial charge >= 0.3 is 0 Å². The minimum Gasteiger partial charge on any atom is -0.431 e. The second-order valence-corrected chi connectivity index (χ2v) is 9.14. The minimum absolute atomic E-state index is 0.293. The van der Waals surface area contributed by atoms with Crippen molar-refractivity contribution in [3.8, 4) is 10.9 Å². The Morgan fingerprint density at radius 2 is 2.10 bits per heavy atom. The largest absolute Gasteiger partial charge is 0.431 e. The van der Waals surface area contributed by atoms with Crippen molar-refractivity contribution in [3.63, 3.8) is 0 Å². The van der Waals surface area contributed by atoms with Gasteiger partial charge in [-0.2, -0.15) is 0 Å². The van der Waals surface area contributed by atoms with Gasteiger partial charge in [-0.1, -0.05) is 37.3 Å². The van der Waals surface area contributed by atoms with E-state index in [-0.39, 0.29) is 0 Å². The topological polar surface area (TPSA) is 66.5 Å². The average Bonchev–Trinajstić information content (AvgIpc) is 3.20. The number of hydrogen-bond donors (Lipinski definition) is 2. The predicted molar refractivity (Wildman–Crippen MR) is 127 cm³/mol. The molecule has 1 fully saturated rings. The summed E-state index contributed by atoms with van der Waals surface area (Å²) in [5.74, 6) is 1.67. The molecule has 2 atom stereocenters. The Hall–Kier alpha value is -1.96. The van der Waals surface area contributed by atoms with Crippen LogP contribution in [0, 0.1) is 5.92 Å². The lowest BCUT2D eigenvalue weighted by Gasteiger charge is -2.25. The summed E-state index contributed by atoms with van der Waals surface area (Å²) < 4.78 is 5.75. The molecule has 170 valence electrons. The van der Waals surface area contributed by atoms with E-state index in [0.29, 0.717) is 29.5 Å². The smallest absolute Gasteiger partial charge is 0.278 e. The number of benzene rings is 1. The summed E-state index contributed by atoms with van der Waals surface area (Å²) in [6.45, 7) is 9.03. The molecule has 0 bridgehead atoms. The molecule has 6 nitrogen and oxygen atoms in total. The van der Waals surface area contributed by atoms with Crippen molar-refractivity contribution in [2.75, 3.05) is 32.7 Å². The quantitative estimate of drug-likeness (QED) is 0.483. The van der Waals surface area contributed by atoms with Crippen LogP contribution in [0.3, 0.4) is 0 Å². The summed E-state index contributed by atoms with van der Waals surface area (Å²) in [6.07, 6.45) is 6.69. The number of thiazole rings is 1. The Balaban J connectivity index is 1.36. The van der Waals surface area contributed by atoms with Crippen LogP contribution in [0.5, 0.6) is 10.9 Å². The number of aromatic nitrogens is 1. The third-order valence-electron chi connectivity index (χ3n) is 5.91. The maximum atomic E-state index is 12.1. The van der Waals surface area contributed by atoms with E-state index in [2.05, 4.69) is 41.6 Å². The van der Waals surface area contributed by atoms with Crippen molar-refractivity contribution in [2.24, 2.45) is 5.92 Å². The van der Waals surface area contributed by atoms with Crippen LogP contribution < -0.4 is 15.4 Å². The monoisotopic (exact) mass is 444 g/mol. The van der Waals surface area contributed by atoms with E-state index in [1.54, 1.807) is 6.20 Å². The summed E-state index contributed by atoms with van der Waals surface area (Å²) in [7, 11) is 0. The van der Waals surface area contributed by atoms with Crippen molar-refractivity contribution in [1.82, 2.24) is 20.5 Å². The Bertz CT molecular complexity index is 766. The first-order chi connectivity index (χ1) is 15.2. The molecule has 2 unspecified atom stereocenters. The van der Waals surface area contributed by atoms with Crippen LogP contribution in [-0.2, 0) is 11.2 Å². The van der Waals surface area contributed by atoms with Gasteiger partial charge in [0.2, 0.25) is 5.91 Å². The van der Waals surface area contributed by atoms with E-state index in [1.807, 2.05) is 22.4 Å². The molecule has 3 rings (SSSR count). The Kier molecular flexibility index (Phi) is 9.78. The van der Waals surface area contributed by atoms with Crippen molar-refractivity contribution >= 4 is 17.2 Å². The van der Waals surface area contributed by atoms with Gasteiger partial charge in [-0.3, -0.25) is 4.79 Å². The predicted octanol–water partition coefficient (Wildman–Crippen LogP) is 4.08. The first kappa shape index (κ1) is 23.7. The number of nitrogens with one attached hydrogen (secondary N) is 2. The lowest BCUT2D eigenvalue weighted by Crippen LogP contribution is -2.37. The Morgan fingerprint density at radius 1 is 1.26 bits per heavy atom. The zero-order valence-electron chi connectivity index (χ0n) is 18.8. The van der Waals surface area contributed by atoms with Crippen LogP contribution in [0.4, 0.5) is 0 Å². The lowest BCUT2D eigenvalue weighted by atomic mass is 9.92. The Morgan fingerprint density at radius 3 is 2.84 bits per heavy atom. The Labute approximate surface area is 190 Å². The molecule has 0 aliphatic carbocycles. The van der Waals surface area contributed by atoms with E-state index in [1.165, 1.54) is 16.9 Å². The van der Waals surface area contributed by atoms with Gasteiger partial charge < -0.3 is 20.3 Å². The molecule has 1 amide bonds. The van der Waals surface area contributed by atoms with Crippen molar-refractivity contribution in [2.45, 2.75) is 52.0 Å². The highest BCUT2D eigenvalue weighted by Gasteiger charge is 2.17. The van der Waals surface area contributed by atoms with E-state index in [4.69, 9.17) is 4.74 Å². The van der Waals surface area contributed by atoms with Gasteiger partial charge in [0.05, 0.1) is 0 Å². The van der Waals surface area contributed by atoms with Crippen LogP contribution in [0.1, 0.15) is 45.1 Å². The summed E-state index contributed by atoms with van der Waals surface area (Å²) in [5.41, 5.74) is 1.33. The highest BCUT2D eigenvalue weighted by molar-refractivity contribution is 7.11. The van der Waals surface area contributed by atoms with E-state index < -0.39 is 0 Å². The van der Waals surface area contributed by atoms with Gasteiger partial charge in [0.25, 0.3) is 5.19 Å². The molecular formula is C24H36N4O2S. The van der Waals surface area contributed by atoms with Crippen LogP contribution >= 0.6 is 11.3 Å². The number of ether oxygens (including phenoxy) is 1. The molecule has 0 saturated carbocycles. The van der Waals surface area contributed by atoms with E-state index >= 15 is 0 Å². The van der Waals surface area contributed by atoms with Crippen molar-refractivity contribution in [1.29, 1.82) is 0 Å². The van der Waals surface area contributed by atoms with Crippen LogP contribution in [0.15, 0.2) is 35.8 Å². The molecule has 7 heteroatoms. The van der Waals surface area contributed by atoms with E-state index in [9.17, 15) is 4.79 Å². The third-order valence-corrected chi connectivity index (χ3v) is 6.56. The van der Waals surface area contributed by atoms with Gasteiger partial charge in [0.15, 0.2) is 0 Å². The molecule has 2 heterocycles. The summed E-state index contributed by atoms with van der Waals surface area (Å²) in [5, 5.41) is 9.62. The van der Waals surface area contributed by atoms with Gasteiger partial charge in [0.1, 0.15) is 5.75 Å². The first-order valence-electron chi connectivity index (χ1n) is 11.5. The van der Waals surface area contributed by atoms with Crippen LogP contribution in [0.25, 0.3) is 0 Å². The highest BCUT2D eigenvalue weighted by Crippen LogP contribution is 2.24. The summed E-state index contributed by atoms with van der Waals surface area (Å²) in [6, 6.07) is 8.85. The molecule has 2 N–H and O–H groups in total. The van der Waals surface area contributed by atoms with Gasteiger partial charge in [-0.15, -0.1) is 0 Å². The van der Waals surface area contributed by atoms with Crippen LogP contribution in [0.2, 0.25) is 0 Å². The molecular weight excluding hydrogens is 408 g/mol. The number of carbonyl (C=O) groups excluding carboxylic acids is 1. The fraction of sp³-hybridized carbons (Fsp3) is 0.583. The maximum absolute atomic E-state index is 12.1. The maximum Gasteiger partial charge on any atom is 0.278 e. The normalized spacial score (nSPS) is 16.7. The molecule has 1 aliphatic heterocycles. The van der Waals surface area contributed by atoms with E-state index in [0.717, 1.165) is 64.2 Å². The average molecular weight is 445 g/mol. The van der Waals surface area contributed by atoms with Crippen molar-refractivity contribution in [3.05, 3.63) is 41.4 Å². The SMILES string of the molecule is CCC(NCCCCN1CCNCCC1=O)C(C)Cc1ccc(Oc2nccs2)cc1. The van der Waals surface area contributed by atoms with Crippen LogP contribution in [-0.4, -0.2) is 54.6 Å². The minimum atomic E-state index is 0.293. The van der Waals surface area contributed by atoms with Crippen molar-refractivity contribution < 1.29 is 9.53 Å². The lowest BCUT2D eigenvalue weighted by molar-refractivity contribution is -0.130. The molecule has 1 aromatic heterocycles.